The summed E-state index contributed by atoms with van der Waals surface area (Å²) < 4.78 is 16.2. The third kappa shape index (κ3) is 4.53. The number of ether oxygens (including phenoxy) is 3. The van der Waals surface area contributed by atoms with Gasteiger partial charge in [0, 0.05) is 35.2 Å². The summed E-state index contributed by atoms with van der Waals surface area (Å²) in [4.78, 5) is 23.5. The molecule has 0 bridgehead atoms. The second-order valence-corrected chi connectivity index (χ2v) is 6.78. The fraction of sp³-hybridized carbons (Fsp3) is 0.130. The van der Waals surface area contributed by atoms with Gasteiger partial charge < -0.3 is 24.4 Å². The molecule has 1 aliphatic heterocycles. The number of fused-ring (bicyclic) bond motifs is 2. The van der Waals surface area contributed by atoms with Crippen LogP contribution in [0.3, 0.4) is 0 Å². The van der Waals surface area contributed by atoms with Crippen molar-refractivity contribution in [1.82, 2.24) is 0 Å². The fourth-order valence-corrected chi connectivity index (χ4v) is 3.37. The minimum atomic E-state index is -1.10. The minimum absolute atomic E-state index is 0.101. The van der Waals surface area contributed by atoms with Crippen LogP contribution in [0.4, 0.5) is 10.5 Å². The smallest absolute Gasteiger partial charge is 0.412 e. The highest BCUT2D eigenvalue weighted by Gasteiger charge is 2.20. The number of benzene rings is 3. The molecule has 8 heteroatoms. The van der Waals surface area contributed by atoms with E-state index in [0.717, 1.165) is 6.08 Å². The van der Waals surface area contributed by atoms with Gasteiger partial charge in [-0.1, -0.05) is 36.4 Å². The Labute approximate surface area is 177 Å². The number of anilines is 1. The summed E-state index contributed by atoms with van der Waals surface area (Å²) in [6, 6.07) is 15.3. The van der Waals surface area contributed by atoms with E-state index in [4.69, 9.17) is 19.3 Å². The van der Waals surface area contributed by atoms with Crippen molar-refractivity contribution in [3.05, 3.63) is 72.3 Å². The Morgan fingerprint density at radius 1 is 1.06 bits per heavy atom. The number of rotatable bonds is 6. The molecule has 0 fully saturated rings. The number of aromatic hydroxyl groups is 1. The summed E-state index contributed by atoms with van der Waals surface area (Å²) in [6.45, 7) is 0.120. The zero-order chi connectivity index (χ0) is 21.8. The highest BCUT2D eigenvalue weighted by atomic mass is 16.7. The van der Waals surface area contributed by atoms with Gasteiger partial charge in [0.05, 0.1) is 0 Å². The quantitative estimate of drug-likeness (QED) is 0.499. The SMILES string of the molecule is O=C(O)/C=C/C[C@@H](OC(=O)Nc1ccc2c(c1)OCO2)c1ccc(O)c2ccccc12. The van der Waals surface area contributed by atoms with Gasteiger partial charge in [-0.2, -0.15) is 0 Å². The van der Waals surface area contributed by atoms with Crippen molar-refractivity contribution in [2.24, 2.45) is 0 Å². The number of carboxylic acid groups (broad SMARTS) is 1. The number of aliphatic carboxylic acids is 1. The summed E-state index contributed by atoms with van der Waals surface area (Å²) in [5.74, 6) is 0.109. The van der Waals surface area contributed by atoms with E-state index in [1.165, 1.54) is 12.1 Å². The van der Waals surface area contributed by atoms with Gasteiger partial charge in [-0.15, -0.1) is 0 Å². The largest absolute Gasteiger partial charge is 0.507 e. The van der Waals surface area contributed by atoms with Crippen LogP contribution in [0.25, 0.3) is 10.8 Å². The molecule has 8 nitrogen and oxygen atoms in total. The summed E-state index contributed by atoms with van der Waals surface area (Å²) in [7, 11) is 0. The molecule has 0 spiro atoms. The predicted octanol–water partition coefficient (Wildman–Crippen LogP) is 4.59. The molecule has 0 saturated heterocycles. The molecule has 0 unspecified atom stereocenters. The first-order valence-electron chi connectivity index (χ1n) is 9.48. The first-order chi connectivity index (χ1) is 15.0. The van der Waals surface area contributed by atoms with Crippen LogP contribution in [0, 0.1) is 0 Å². The van der Waals surface area contributed by atoms with E-state index in [9.17, 15) is 14.7 Å². The zero-order valence-corrected chi connectivity index (χ0v) is 16.3. The number of carboxylic acids is 1. The van der Waals surface area contributed by atoms with E-state index in [1.54, 1.807) is 42.5 Å². The lowest BCUT2D eigenvalue weighted by Gasteiger charge is -2.19. The van der Waals surface area contributed by atoms with E-state index in [0.29, 0.717) is 33.5 Å². The number of carbonyl (C=O) groups is 2. The molecule has 4 rings (SSSR count). The summed E-state index contributed by atoms with van der Waals surface area (Å²) in [5, 5.41) is 23.0. The summed E-state index contributed by atoms with van der Waals surface area (Å²) in [5.41, 5.74) is 1.11. The van der Waals surface area contributed by atoms with Crippen molar-refractivity contribution in [2.45, 2.75) is 12.5 Å². The van der Waals surface area contributed by atoms with Crippen molar-refractivity contribution in [2.75, 3.05) is 12.1 Å². The van der Waals surface area contributed by atoms with Crippen LogP contribution in [-0.2, 0) is 9.53 Å². The first-order valence-corrected chi connectivity index (χ1v) is 9.48. The van der Waals surface area contributed by atoms with Crippen LogP contribution in [0.5, 0.6) is 17.2 Å². The third-order valence-corrected chi connectivity index (χ3v) is 4.76. The van der Waals surface area contributed by atoms with Crippen molar-refractivity contribution >= 4 is 28.5 Å². The van der Waals surface area contributed by atoms with Crippen LogP contribution in [-0.4, -0.2) is 29.1 Å². The number of phenolic OH excluding ortho intramolecular Hbond substituents is 1. The average molecular weight is 421 g/mol. The predicted molar refractivity (Wildman–Crippen MR) is 112 cm³/mol. The molecule has 1 atom stereocenters. The summed E-state index contributed by atoms with van der Waals surface area (Å²) in [6.07, 6.45) is 1.05. The molecule has 3 N–H and O–H groups in total. The minimum Gasteiger partial charge on any atom is -0.507 e. The van der Waals surface area contributed by atoms with Crippen LogP contribution < -0.4 is 14.8 Å². The highest BCUT2D eigenvalue weighted by molar-refractivity contribution is 5.91. The highest BCUT2D eigenvalue weighted by Crippen LogP contribution is 2.36. The Morgan fingerprint density at radius 3 is 2.65 bits per heavy atom. The van der Waals surface area contributed by atoms with E-state index in [1.807, 2.05) is 6.07 Å². The Bertz CT molecular complexity index is 1170. The van der Waals surface area contributed by atoms with E-state index in [-0.39, 0.29) is 19.0 Å². The van der Waals surface area contributed by atoms with E-state index < -0.39 is 18.2 Å². The zero-order valence-electron chi connectivity index (χ0n) is 16.3. The maximum atomic E-state index is 12.6. The molecule has 3 aromatic carbocycles. The number of nitrogens with one attached hydrogen (secondary N) is 1. The van der Waals surface area contributed by atoms with Gasteiger partial charge in [-0.3, -0.25) is 5.32 Å². The van der Waals surface area contributed by atoms with Gasteiger partial charge in [0.25, 0.3) is 0 Å². The van der Waals surface area contributed by atoms with Crippen molar-refractivity contribution < 1.29 is 34.0 Å². The molecule has 158 valence electrons. The molecule has 1 heterocycles. The van der Waals surface area contributed by atoms with Gasteiger partial charge in [-0.25, -0.2) is 9.59 Å². The van der Waals surface area contributed by atoms with Gasteiger partial charge in [-0.05, 0) is 23.6 Å². The number of carbonyl (C=O) groups excluding carboxylic acids is 1. The maximum absolute atomic E-state index is 12.6. The van der Waals surface area contributed by atoms with Gasteiger partial charge in [0.2, 0.25) is 6.79 Å². The van der Waals surface area contributed by atoms with Crippen molar-refractivity contribution in [3.63, 3.8) is 0 Å². The monoisotopic (exact) mass is 421 g/mol. The Morgan fingerprint density at radius 2 is 1.84 bits per heavy atom. The second-order valence-electron chi connectivity index (χ2n) is 6.78. The number of amides is 1. The topological polar surface area (TPSA) is 114 Å². The summed E-state index contributed by atoms with van der Waals surface area (Å²) >= 11 is 0. The van der Waals surface area contributed by atoms with Gasteiger partial charge >= 0.3 is 12.1 Å². The Kier molecular flexibility index (Phi) is 5.61. The molecule has 0 saturated carbocycles. The normalized spacial score (nSPS) is 13.3. The molecule has 0 radical (unpaired) electrons. The van der Waals surface area contributed by atoms with Gasteiger partial charge in [0.1, 0.15) is 11.9 Å². The average Bonchev–Trinajstić information content (AvgIpc) is 3.21. The van der Waals surface area contributed by atoms with Crippen LogP contribution in [0.2, 0.25) is 0 Å². The Hall–Kier alpha value is -4.20. The molecule has 3 aromatic rings. The molecular formula is C23H19NO7. The third-order valence-electron chi connectivity index (χ3n) is 4.76. The van der Waals surface area contributed by atoms with Crippen LogP contribution in [0.15, 0.2) is 66.7 Å². The standard InChI is InChI=1S/C23H19NO7/c25-18-10-9-17(15-4-1-2-5-16(15)18)19(6-3-7-22(26)27)31-23(28)24-14-8-11-20-21(12-14)30-13-29-20/h1-5,7-12,19,25H,6,13H2,(H,24,28)(H,26,27)/b7-3+/t19-/m1/s1. The molecule has 31 heavy (non-hydrogen) atoms. The van der Waals surface area contributed by atoms with Gasteiger partial charge in [0.15, 0.2) is 11.5 Å². The maximum Gasteiger partial charge on any atom is 0.412 e. The lowest BCUT2D eigenvalue weighted by molar-refractivity contribution is -0.131. The molecule has 0 aromatic heterocycles. The van der Waals surface area contributed by atoms with E-state index >= 15 is 0 Å². The fourth-order valence-electron chi connectivity index (χ4n) is 3.37. The molecular weight excluding hydrogens is 402 g/mol. The first kappa shape index (κ1) is 20.1. The Balaban J connectivity index is 1.59. The van der Waals surface area contributed by atoms with E-state index in [2.05, 4.69) is 5.32 Å². The lowest BCUT2D eigenvalue weighted by Crippen LogP contribution is -2.17. The van der Waals surface area contributed by atoms with Crippen molar-refractivity contribution in [1.29, 1.82) is 0 Å². The van der Waals surface area contributed by atoms with Crippen LogP contribution in [0.1, 0.15) is 18.1 Å². The van der Waals surface area contributed by atoms with Crippen molar-refractivity contribution in [3.8, 4) is 17.2 Å². The second kappa shape index (κ2) is 8.66. The lowest BCUT2D eigenvalue weighted by atomic mass is 9.97. The molecule has 1 aliphatic rings. The number of hydrogen-bond acceptors (Lipinski definition) is 6. The number of phenols is 1. The molecule has 0 aliphatic carbocycles. The van der Waals surface area contributed by atoms with Crippen LogP contribution >= 0.6 is 0 Å². The number of hydrogen-bond donors (Lipinski definition) is 3. The molecule has 1 amide bonds.